The number of hydrogen-bond donors (Lipinski definition) is 0. The zero-order chi connectivity index (χ0) is 14.4. The molecule has 0 N–H and O–H groups in total. The van der Waals surface area contributed by atoms with Gasteiger partial charge in [-0.15, -0.1) is 11.3 Å². The van der Waals surface area contributed by atoms with Crippen LogP contribution in [0.2, 0.25) is 0 Å². The smallest absolute Gasteiger partial charge is 0.232 e. The molecular formula is C14H23N3OS2. The van der Waals surface area contributed by atoms with Crippen molar-refractivity contribution >= 4 is 29.0 Å². The Morgan fingerprint density at radius 1 is 1.40 bits per heavy atom. The van der Waals surface area contributed by atoms with Crippen LogP contribution < -0.4 is 0 Å². The van der Waals surface area contributed by atoms with Gasteiger partial charge in [-0.3, -0.25) is 9.69 Å². The quantitative estimate of drug-likeness (QED) is 0.834. The number of hydrogen-bond acceptors (Lipinski definition) is 5. The molecule has 0 unspecified atom stereocenters. The summed E-state index contributed by atoms with van der Waals surface area (Å²) in [6.07, 6.45) is 4.06. The summed E-state index contributed by atoms with van der Waals surface area (Å²) in [5, 5.41) is 3.38. The molecule has 0 aromatic carbocycles. The van der Waals surface area contributed by atoms with E-state index in [1.54, 1.807) is 23.1 Å². The van der Waals surface area contributed by atoms with E-state index >= 15 is 0 Å². The normalized spacial score (nSPS) is 17.2. The maximum Gasteiger partial charge on any atom is 0.232 e. The van der Waals surface area contributed by atoms with E-state index in [2.05, 4.69) is 22.2 Å². The molecule has 2 heterocycles. The maximum atomic E-state index is 11.9. The largest absolute Gasteiger partial charge is 0.341 e. The van der Waals surface area contributed by atoms with Crippen LogP contribution in [0.1, 0.15) is 24.0 Å². The number of aromatic nitrogens is 1. The molecule has 1 saturated heterocycles. The molecule has 1 aromatic rings. The van der Waals surface area contributed by atoms with Crippen molar-refractivity contribution < 1.29 is 4.79 Å². The number of nitrogens with zero attached hydrogens (tertiary/aromatic N) is 3. The lowest BCUT2D eigenvalue weighted by molar-refractivity contribution is -0.128. The van der Waals surface area contributed by atoms with Gasteiger partial charge in [0.15, 0.2) is 0 Å². The third-order valence-corrected chi connectivity index (χ3v) is 5.07. The third-order valence-electron chi connectivity index (χ3n) is 3.50. The molecule has 112 valence electrons. The Bertz CT molecular complexity index is 436. The van der Waals surface area contributed by atoms with Crippen molar-refractivity contribution in [2.45, 2.75) is 26.3 Å². The highest BCUT2D eigenvalue weighted by Crippen LogP contribution is 2.14. The van der Waals surface area contributed by atoms with Gasteiger partial charge in [-0.05, 0) is 19.1 Å². The van der Waals surface area contributed by atoms with E-state index in [1.807, 2.05) is 11.2 Å². The van der Waals surface area contributed by atoms with Crippen LogP contribution in [0.5, 0.6) is 0 Å². The molecular weight excluding hydrogens is 290 g/mol. The molecule has 0 saturated carbocycles. The standard InChI is InChI=1S/C14H23N3OS2/c1-3-13-15-12(10-20-13)9-16-5-4-6-17(8-7-16)14(18)11-19-2/h10H,3-9,11H2,1-2H3. The predicted octanol–water partition coefficient (Wildman–Crippen LogP) is 2.10. The molecule has 0 atom stereocenters. The van der Waals surface area contributed by atoms with Crippen LogP contribution in [0.25, 0.3) is 0 Å². The number of thioether (sulfide) groups is 1. The summed E-state index contributed by atoms with van der Waals surface area (Å²) < 4.78 is 0. The molecule has 1 amide bonds. The number of thiazole rings is 1. The Morgan fingerprint density at radius 3 is 2.95 bits per heavy atom. The van der Waals surface area contributed by atoms with Crippen molar-refractivity contribution in [3.63, 3.8) is 0 Å². The summed E-state index contributed by atoms with van der Waals surface area (Å²) in [6, 6.07) is 0. The minimum absolute atomic E-state index is 0.279. The van der Waals surface area contributed by atoms with Crippen molar-refractivity contribution in [2.24, 2.45) is 0 Å². The first kappa shape index (κ1) is 15.8. The first-order valence-corrected chi connectivity index (χ1v) is 9.42. The first-order valence-electron chi connectivity index (χ1n) is 7.15. The van der Waals surface area contributed by atoms with Crippen molar-refractivity contribution in [3.8, 4) is 0 Å². The Kier molecular flexibility index (Phi) is 6.32. The molecule has 1 aliphatic heterocycles. The van der Waals surface area contributed by atoms with Gasteiger partial charge in [0.1, 0.15) is 0 Å². The number of aryl methyl sites for hydroxylation is 1. The van der Waals surface area contributed by atoms with Crippen LogP contribution in [0.3, 0.4) is 0 Å². The highest BCUT2D eigenvalue weighted by atomic mass is 32.2. The van der Waals surface area contributed by atoms with E-state index in [-0.39, 0.29) is 5.91 Å². The second-order valence-electron chi connectivity index (χ2n) is 5.03. The number of rotatable bonds is 5. The third kappa shape index (κ3) is 4.46. The maximum absolute atomic E-state index is 11.9. The van der Waals surface area contributed by atoms with Gasteiger partial charge in [0.25, 0.3) is 0 Å². The molecule has 2 rings (SSSR count). The van der Waals surface area contributed by atoms with E-state index in [9.17, 15) is 4.79 Å². The fraction of sp³-hybridized carbons (Fsp3) is 0.714. The average molecular weight is 313 g/mol. The van der Waals surface area contributed by atoms with E-state index in [0.717, 1.165) is 45.6 Å². The molecule has 6 heteroatoms. The summed E-state index contributed by atoms with van der Waals surface area (Å²) >= 11 is 3.36. The minimum Gasteiger partial charge on any atom is -0.341 e. The summed E-state index contributed by atoms with van der Waals surface area (Å²) in [5.41, 5.74) is 1.18. The fourth-order valence-corrected chi connectivity index (χ4v) is 3.57. The van der Waals surface area contributed by atoms with Gasteiger partial charge < -0.3 is 4.90 Å². The van der Waals surface area contributed by atoms with Gasteiger partial charge in [-0.1, -0.05) is 6.92 Å². The topological polar surface area (TPSA) is 36.4 Å². The van der Waals surface area contributed by atoms with Crippen LogP contribution in [-0.2, 0) is 17.8 Å². The van der Waals surface area contributed by atoms with E-state index in [1.165, 1.54) is 10.7 Å². The molecule has 1 aliphatic rings. The highest BCUT2D eigenvalue weighted by Gasteiger charge is 2.19. The zero-order valence-electron chi connectivity index (χ0n) is 12.3. The Balaban J connectivity index is 1.84. The Morgan fingerprint density at radius 2 is 2.25 bits per heavy atom. The Hall–Kier alpha value is -0.590. The van der Waals surface area contributed by atoms with Gasteiger partial charge in [-0.2, -0.15) is 11.8 Å². The SMILES string of the molecule is CCc1nc(CN2CCCN(C(=O)CSC)CC2)cs1. The monoisotopic (exact) mass is 313 g/mol. The van der Waals surface area contributed by atoms with E-state index in [4.69, 9.17) is 0 Å². The molecule has 1 aromatic heterocycles. The first-order chi connectivity index (χ1) is 9.72. The van der Waals surface area contributed by atoms with Gasteiger partial charge in [0.05, 0.1) is 16.5 Å². The molecule has 0 radical (unpaired) electrons. The van der Waals surface area contributed by atoms with Crippen LogP contribution in [-0.4, -0.2) is 58.9 Å². The summed E-state index contributed by atoms with van der Waals surface area (Å²) in [4.78, 5) is 21.0. The van der Waals surface area contributed by atoms with Crippen LogP contribution in [0.15, 0.2) is 5.38 Å². The number of carbonyl (C=O) groups excluding carboxylic acids is 1. The van der Waals surface area contributed by atoms with E-state index < -0.39 is 0 Å². The average Bonchev–Trinajstić information content (AvgIpc) is 2.76. The second-order valence-corrected chi connectivity index (χ2v) is 6.84. The predicted molar refractivity (Wildman–Crippen MR) is 86.3 cm³/mol. The molecule has 0 aliphatic carbocycles. The van der Waals surface area contributed by atoms with Crippen molar-refractivity contribution in [1.82, 2.24) is 14.8 Å². The van der Waals surface area contributed by atoms with Gasteiger partial charge in [-0.25, -0.2) is 4.98 Å². The van der Waals surface area contributed by atoms with Crippen molar-refractivity contribution in [1.29, 1.82) is 0 Å². The summed E-state index contributed by atoms with van der Waals surface area (Å²) in [6.45, 7) is 6.82. The van der Waals surface area contributed by atoms with Crippen LogP contribution in [0, 0.1) is 0 Å². The zero-order valence-corrected chi connectivity index (χ0v) is 13.9. The fourth-order valence-electron chi connectivity index (χ4n) is 2.41. The van der Waals surface area contributed by atoms with Gasteiger partial charge >= 0.3 is 0 Å². The highest BCUT2D eigenvalue weighted by molar-refractivity contribution is 7.99. The number of amides is 1. The Labute approximate surface area is 129 Å². The summed E-state index contributed by atoms with van der Waals surface area (Å²) in [5.74, 6) is 0.882. The second kappa shape index (κ2) is 8.00. The lowest BCUT2D eigenvalue weighted by Gasteiger charge is -2.21. The molecule has 0 bridgehead atoms. The molecule has 0 spiro atoms. The minimum atomic E-state index is 0.279. The van der Waals surface area contributed by atoms with E-state index in [0.29, 0.717) is 5.75 Å². The molecule has 4 nitrogen and oxygen atoms in total. The van der Waals surface area contributed by atoms with Gasteiger partial charge in [0.2, 0.25) is 5.91 Å². The lowest BCUT2D eigenvalue weighted by Crippen LogP contribution is -2.36. The van der Waals surface area contributed by atoms with Crippen LogP contribution in [0.4, 0.5) is 0 Å². The summed E-state index contributed by atoms with van der Waals surface area (Å²) in [7, 11) is 0. The van der Waals surface area contributed by atoms with Gasteiger partial charge in [0, 0.05) is 38.1 Å². The van der Waals surface area contributed by atoms with Crippen molar-refractivity contribution in [2.75, 3.05) is 38.2 Å². The van der Waals surface area contributed by atoms with Crippen molar-refractivity contribution in [3.05, 3.63) is 16.1 Å². The number of carbonyl (C=O) groups is 1. The molecule has 20 heavy (non-hydrogen) atoms. The molecule has 1 fully saturated rings. The lowest BCUT2D eigenvalue weighted by atomic mass is 10.3. The van der Waals surface area contributed by atoms with Crippen LogP contribution >= 0.6 is 23.1 Å².